The zero-order valence-electron chi connectivity index (χ0n) is 10.3. The molecule has 7 heteroatoms. The Bertz CT molecular complexity index is 312. The highest BCUT2D eigenvalue weighted by Crippen LogP contribution is 1.91. The van der Waals surface area contributed by atoms with Crippen LogP contribution in [0, 0.1) is 0 Å². The summed E-state index contributed by atoms with van der Waals surface area (Å²) in [6.07, 6.45) is 0. The lowest BCUT2D eigenvalue weighted by Crippen LogP contribution is -2.39. The van der Waals surface area contributed by atoms with Gasteiger partial charge in [-0.25, -0.2) is 12.7 Å². The van der Waals surface area contributed by atoms with Crippen LogP contribution in [0.1, 0.15) is 13.8 Å². The van der Waals surface area contributed by atoms with Crippen molar-refractivity contribution in [2.24, 2.45) is 0 Å². The van der Waals surface area contributed by atoms with Gasteiger partial charge in [-0.3, -0.25) is 4.79 Å². The van der Waals surface area contributed by atoms with Gasteiger partial charge in [0.1, 0.15) is 0 Å². The van der Waals surface area contributed by atoms with E-state index in [1.54, 1.807) is 0 Å². The van der Waals surface area contributed by atoms with E-state index >= 15 is 0 Å². The molecule has 1 amide bonds. The first-order valence-corrected chi connectivity index (χ1v) is 6.77. The van der Waals surface area contributed by atoms with E-state index in [2.05, 4.69) is 10.6 Å². The fourth-order valence-electron chi connectivity index (χ4n) is 0.861. The van der Waals surface area contributed by atoms with Crippen molar-refractivity contribution in [1.82, 2.24) is 14.9 Å². The maximum absolute atomic E-state index is 11.3. The smallest absolute Gasteiger partial charge is 0.233 e. The van der Waals surface area contributed by atoms with Crippen molar-refractivity contribution in [3.05, 3.63) is 0 Å². The molecule has 0 bridgehead atoms. The summed E-state index contributed by atoms with van der Waals surface area (Å²) >= 11 is 0. The lowest BCUT2D eigenvalue weighted by atomic mass is 10.4. The van der Waals surface area contributed by atoms with Gasteiger partial charge in [-0.1, -0.05) is 13.8 Å². The Morgan fingerprint density at radius 3 is 2.31 bits per heavy atom. The number of hydrogen-bond acceptors (Lipinski definition) is 4. The molecular weight excluding hydrogens is 230 g/mol. The highest BCUT2D eigenvalue weighted by molar-refractivity contribution is 7.89. The average Bonchev–Trinajstić information content (AvgIpc) is 2.14. The van der Waals surface area contributed by atoms with Crippen LogP contribution in [0.4, 0.5) is 0 Å². The van der Waals surface area contributed by atoms with E-state index in [0.717, 1.165) is 4.31 Å². The van der Waals surface area contributed by atoms with E-state index in [1.165, 1.54) is 14.1 Å². The number of rotatable bonds is 7. The van der Waals surface area contributed by atoms with Gasteiger partial charge in [0, 0.05) is 26.7 Å². The van der Waals surface area contributed by atoms with Gasteiger partial charge in [-0.05, 0) is 0 Å². The van der Waals surface area contributed by atoms with Gasteiger partial charge in [0.15, 0.2) is 0 Å². The van der Waals surface area contributed by atoms with Crippen molar-refractivity contribution < 1.29 is 13.2 Å². The largest absolute Gasteiger partial charge is 0.354 e. The van der Waals surface area contributed by atoms with Gasteiger partial charge in [-0.15, -0.1) is 0 Å². The van der Waals surface area contributed by atoms with E-state index in [4.69, 9.17) is 0 Å². The summed E-state index contributed by atoms with van der Waals surface area (Å²) in [5, 5.41) is 5.49. The maximum Gasteiger partial charge on any atom is 0.233 e. The summed E-state index contributed by atoms with van der Waals surface area (Å²) in [4.78, 5) is 11.2. The third kappa shape index (κ3) is 6.76. The summed E-state index contributed by atoms with van der Waals surface area (Å²) in [5.74, 6) is -0.268. The van der Waals surface area contributed by atoms with Crippen LogP contribution >= 0.6 is 0 Å². The zero-order valence-corrected chi connectivity index (χ0v) is 11.1. The molecular formula is C9H21N3O3S. The molecule has 0 aliphatic carbocycles. The zero-order chi connectivity index (χ0) is 12.8. The first kappa shape index (κ1) is 15.3. The maximum atomic E-state index is 11.3. The molecule has 6 nitrogen and oxygen atoms in total. The minimum Gasteiger partial charge on any atom is -0.354 e. The molecule has 0 aliphatic rings. The molecule has 0 saturated carbocycles. The summed E-state index contributed by atoms with van der Waals surface area (Å²) < 4.78 is 23.8. The molecule has 0 aromatic rings. The number of hydrogen-bond donors (Lipinski definition) is 2. The average molecular weight is 251 g/mol. The summed E-state index contributed by atoms with van der Waals surface area (Å²) in [6, 6.07) is 0.233. The molecule has 0 atom stereocenters. The number of amides is 1. The third-order valence-corrected chi connectivity index (χ3v) is 3.74. The minimum absolute atomic E-state index is 0.0760. The van der Waals surface area contributed by atoms with E-state index in [1.807, 2.05) is 13.8 Å². The van der Waals surface area contributed by atoms with E-state index in [0.29, 0.717) is 0 Å². The number of carbonyl (C=O) groups is 1. The molecule has 0 spiro atoms. The second-order valence-corrected chi connectivity index (χ2v) is 6.29. The van der Waals surface area contributed by atoms with Crippen molar-refractivity contribution in [1.29, 1.82) is 0 Å². The van der Waals surface area contributed by atoms with Crippen LogP contribution in [-0.4, -0.2) is 57.6 Å². The molecule has 0 aromatic heterocycles. The number of sulfonamides is 1. The summed E-state index contributed by atoms with van der Waals surface area (Å²) in [6.45, 7) is 4.21. The summed E-state index contributed by atoms with van der Waals surface area (Å²) in [7, 11) is -0.288. The first-order chi connectivity index (χ1) is 7.25. The predicted molar refractivity (Wildman–Crippen MR) is 63.6 cm³/mol. The van der Waals surface area contributed by atoms with Crippen molar-refractivity contribution in [2.75, 3.05) is 32.9 Å². The van der Waals surface area contributed by atoms with Crippen LogP contribution in [-0.2, 0) is 14.8 Å². The standard InChI is InChI=1S/C9H21N3O3S/c1-8(2)11-7-9(13)10-5-6-16(14,15)12(3)4/h8,11H,5-7H2,1-4H3,(H,10,13). The lowest BCUT2D eigenvalue weighted by Gasteiger charge is -2.12. The van der Waals surface area contributed by atoms with Gasteiger partial charge in [0.2, 0.25) is 15.9 Å². The van der Waals surface area contributed by atoms with Gasteiger partial charge >= 0.3 is 0 Å². The second-order valence-electron chi connectivity index (χ2n) is 3.98. The molecule has 0 unspecified atom stereocenters. The molecule has 0 saturated heterocycles. The Labute approximate surface area is 97.4 Å². The van der Waals surface area contributed by atoms with E-state index in [-0.39, 0.29) is 30.8 Å². The monoisotopic (exact) mass is 251 g/mol. The highest BCUT2D eigenvalue weighted by Gasteiger charge is 2.13. The molecule has 16 heavy (non-hydrogen) atoms. The van der Waals surface area contributed by atoms with Crippen LogP contribution < -0.4 is 10.6 Å². The van der Waals surface area contributed by atoms with Gasteiger partial charge in [0.05, 0.1) is 12.3 Å². The quantitative estimate of drug-likeness (QED) is 0.608. The first-order valence-electron chi connectivity index (χ1n) is 5.16. The van der Waals surface area contributed by atoms with E-state index in [9.17, 15) is 13.2 Å². The molecule has 0 fully saturated rings. The van der Waals surface area contributed by atoms with Crippen molar-refractivity contribution in [3.8, 4) is 0 Å². The third-order valence-electron chi connectivity index (χ3n) is 1.91. The van der Waals surface area contributed by atoms with Gasteiger partial charge in [0.25, 0.3) is 0 Å². The van der Waals surface area contributed by atoms with Crippen LogP contribution in [0.3, 0.4) is 0 Å². The van der Waals surface area contributed by atoms with Gasteiger partial charge in [-0.2, -0.15) is 0 Å². The molecule has 0 rings (SSSR count). The van der Waals surface area contributed by atoms with E-state index < -0.39 is 10.0 Å². The van der Waals surface area contributed by atoms with Crippen LogP contribution in [0.2, 0.25) is 0 Å². The summed E-state index contributed by atoms with van der Waals surface area (Å²) in [5.41, 5.74) is 0. The van der Waals surface area contributed by atoms with Crippen LogP contribution in [0.5, 0.6) is 0 Å². The fourth-order valence-corrected chi connectivity index (χ4v) is 1.59. The number of carbonyl (C=O) groups excluding carboxylic acids is 1. The SMILES string of the molecule is CC(C)NCC(=O)NCCS(=O)(=O)N(C)C. The molecule has 2 N–H and O–H groups in total. The highest BCUT2D eigenvalue weighted by atomic mass is 32.2. The van der Waals surface area contributed by atoms with Crippen LogP contribution in [0.25, 0.3) is 0 Å². The Morgan fingerprint density at radius 2 is 1.88 bits per heavy atom. The minimum atomic E-state index is -3.23. The van der Waals surface area contributed by atoms with Crippen molar-refractivity contribution in [2.45, 2.75) is 19.9 Å². The molecule has 0 aliphatic heterocycles. The Morgan fingerprint density at radius 1 is 1.31 bits per heavy atom. The lowest BCUT2D eigenvalue weighted by molar-refractivity contribution is -0.120. The molecule has 0 radical (unpaired) electrons. The van der Waals surface area contributed by atoms with Crippen LogP contribution in [0.15, 0.2) is 0 Å². The number of nitrogens with one attached hydrogen (secondary N) is 2. The molecule has 0 heterocycles. The Kier molecular flexibility index (Phi) is 6.54. The van der Waals surface area contributed by atoms with Crippen molar-refractivity contribution in [3.63, 3.8) is 0 Å². The second kappa shape index (κ2) is 6.82. The normalized spacial score (nSPS) is 12.1. The Balaban J connectivity index is 3.79. The predicted octanol–water partition coefficient (Wildman–Crippen LogP) is -1.01. The van der Waals surface area contributed by atoms with Crippen molar-refractivity contribution >= 4 is 15.9 Å². The fraction of sp³-hybridized carbons (Fsp3) is 0.889. The Hall–Kier alpha value is -0.660. The molecule has 0 aromatic carbocycles. The van der Waals surface area contributed by atoms with Gasteiger partial charge < -0.3 is 10.6 Å². The topological polar surface area (TPSA) is 78.5 Å². The molecule has 96 valence electrons. The number of nitrogens with zero attached hydrogens (tertiary/aromatic N) is 1.